The molecule has 1 fully saturated rings. The fourth-order valence-electron chi connectivity index (χ4n) is 3.31. The monoisotopic (exact) mass is 337 g/mol. The van der Waals surface area contributed by atoms with Crippen LogP contribution in [0.4, 0.5) is 10.5 Å². The lowest BCUT2D eigenvalue weighted by Crippen LogP contribution is -2.39. The van der Waals surface area contributed by atoms with E-state index in [1.54, 1.807) is 0 Å². The number of amides is 2. The molecule has 0 unspecified atom stereocenters. The topological polar surface area (TPSA) is 44.4 Å². The number of benzene rings is 2. The van der Waals surface area contributed by atoms with E-state index < -0.39 is 0 Å². The van der Waals surface area contributed by atoms with E-state index in [0.29, 0.717) is 5.92 Å². The Morgan fingerprint density at radius 2 is 1.72 bits per heavy atom. The predicted octanol–water partition coefficient (Wildman–Crippen LogP) is 4.03. The van der Waals surface area contributed by atoms with Crippen LogP contribution in [0.25, 0.3) is 0 Å². The summed E-state index contributed by atoms with van der Waals surface area (Å²) in [6.07, 6.45) is 2.27. The van der Waals surface area contributed by atoms with E-state index in [0.717, 1.165) is 50.3 Å². The molecule has 4 heteroatoms. The molecule has 0 spiro atoms. The summed E-state index contributed by atoms with van der Waals surface area (Å²) in [6, 6.07) is 18.3. The number of aryl methyl sites for hydroxylation is 1. The molecule has 2 aromatic carbocycles. The summed E-state index contributed by atoms with van der Waals surface area (Å²) in [7, 11) is 0. The van der Waals surface area contributed by atoms with Gasteiger partial charge in [0.05, 0.1) is 0 Å². The molecular formula is C21H27N3O. The highest BCUT2D eigenvalue weighted by Gasteiger charge is 2.19. The first kappa shape index (κ1) is 17.5. The van der Waals surface area contributed by atoms with Gasteiger partial charge in [0.15, 0.2) is 0 Å². The lowest BCUT2D eigenvalue weighted by Gasteiger charge is -2.32. The summed E-state index contributed by atoms with van der Waals surface area (Å²) < 4.78 is 0. The van der Waals surface area contributed by atoms with Gasteiger partial charge in [0.1, 0.15) is 0 Å². The Balaban J connectivity index is 1.38. The number of carbonyl (C=O) groups is 1. The number of likely N-dealkylation sites (tertiary alicyclic amines) is 1. The first-order valence-corrected chi connectivity index (χ1v) is 9.07. The number of rotatable bonds is 5. The van der Waals surface area contributed by atoms with Crippen LogP contribution in [-0.2, 0) is 6.54 Å². The van der Waals surface area contributed by atoms with Gasteiger partial charge in [-0.15, -0.1) is 0 Å². The van der Waals surface area contributed by atoms with Gasteiger partial charge in [-0.2, -0.15) is 0 Å². The lowest BCUT2D eigenvalue weighted by molar-refractivity contribution is 0.175. The van der Waals surface area contributed by atoms with Crippen LogP contribution in [0, 0.1) is 12.8 Å². The minimum Gasteiger partial charge on any atom is -0.338 e. The van der Waals surface area contributed by atoms with Crippen LogP contribution in [-0.4, -0.2) is 30.6 Å². The second kappa shape index (κ2) is 8.67. The van der Waals surface area contributed by atoms with Crippen molar-refractivity contribution in [1.29, 1.82) is 0 Å². The molecule has 0 saturated carbocycles. The third kappa shape index (κ3) is 5.33. The Kier molecular flexibility index (Phi) is 6.07. The van der Waals surface area contributed by atoms with Crippen LogP contribution in [0.1, 0.15) is 24.0 Å². The van der Waals surface area contributed by atoms with Crippen LogP contribution >= 0.6 is 0 Å². The van der Waals surface area contributed by atoms with Gasteiger partial charge in [-0.3, -0.25) is 4.90 Å². The Hall–Kier alpha value is -2.33. The highest BCUT2D eigenvalue weighted by atomic mass is 16.2. The molecule has 0 aromatic heterocycles. The summed E-state index contributed by atoms with van der Waals surface area (Å²) in [6.45, 7) is 5.96. The summed E-state index contributed by atoms with van der Waals surface area (Å²) in [5, 5.41) is 5.95. The standard InChI is InChI=1S/C21H27N3O/c1-17-7-5-6-10-20(17)23-21(25)22-15-18-11-13-24(14-12-18)16-19-8-3-2-4-9-19/h2-10,18H,11-16H2,1H3,(H2,22,23,25). The molecule has 1 saturated heterocycles. The Morgan fingerprint density at radius 3 is 2.44 bits per heavy atom. The van der Waals surface area contributed by atoms with Crippen molar-refractivity contribution in [1.82, 2.24) is 10.2 Å². The zero-order valence-corrected chi connectivity index (χ0v) is 14.9. The number of nitrogens with zero attached hydrogens (tertiary/aromatic N) is 1. The van der Waals surface area contributed by atoms with Gasteiger partial charge >= 0.3 is 6.03 Å². The fourth-order valence-corrected chi connectivity index (χ4v) is 3.31. The molecule has 1 heterocycles. The molecule has 0 bridgehead atoms. The average Bonchev–Trinajstić information content (AvgIpc) is 2.64. The maximum Gasteiger partial charge on any atom is 0.319 e. The average molecular weight is 337 g/mol. The fraction of sp³-hybridized carbons (Fsp3) is 0.381. The molecule has 1 aliphatic heterocycles. The molecule has 2 amide bonds. The molecule has 25 heavy (non-hydrogen) atoms. The molecule has 132 valence electrons. The maximum atomic E-state index is 12.1. The quantitative estimate of drug-likeness (QED) is 0.865. The van der Waals surface area contributed by atoms with Crippen LogP contribution < -0.4 is 10.6 Å². The smallest absolute Gasteiger partial charge is 0.319 e. The highest BCUT2D eigenvalue weighted by Crippen LogP contribution is 2.18. The van der Waals surface area contributed by atoms with Gasteiger partial charge in [-0.25, -0.2) is 4.79 Å². The van der Waals surface area contributed by atoms with Crippen molar-refractivity contribution in [3.05, 3.63) is 65.7 Å². The van der Waals surface area contributed by atoms with E-state index in [1.807, 2.05) is 31.2 Å². The minimum absolute atomic E-state index is 0.110. The van der Waals surface area contributed by atoms with E-state index in [9.17, 15) is 4.79 Å². The molecule has 2 aromatic rings. The SMILES string of the molecule is Cc1ccccc1NC(=O)NCC1CCN(Cc2ccccc2)CC1. The Morgan fingerprint density at radius 1 is 1.04 bits per heavy atom. The number of piperidine rings is 1. The lowest BCUT2D eigenvalue weighted by atomic mass is 9.96. The third-order valence-corrected chi connectivity index (χ3v) is 4.90. The predicted molar refractivity (Wildman–Crippen MR) is 103 cm³/mol. The van der Waals surface area contributed by atoms with Crippen molar-refractivity contribution in [2.75, 3.05) is 25.0 Å². The number of carbonyl (C=O) groups excluding carboxylic acids is 1. The number of hydrogen-bond donors (Lipinski definition) is 2. The van der Waals surface area contributed by atoms with Gasteiger partial charge in [0.2, 0.25) is 0 Å². The van der Waals surface area contributed by atoms with Crippen molar-refractivity contribution in [3.8, 4) is 0 Å². The second-order valence-corrected chi connectivity index (χ2v) is 6.86. The number of anilines is 1. The second-order valence-electron chi connectivity index (χ2n) is 6.86. The molecule has 0 aliphatic carbocycles. The zero-order valence-electron chi connectivity index (χ0n) is 14.9. The van der Waals surface area contributed by atoms with Gasteiger partial charge < -0.3 is 10.6 Å². The molecule has 2 N–H and O–H groups in total. The molecule has 0 atom stereocenters. The van der Waals surface area contributed by atoms with Gasteiger partial charge in [0.25, 0.3) is 0 Å². The molecule has 1 aliphatic rings. The summed E-state index contributed by atoms with van der Waals surface area (Å²) in [4.78, 5) is 14.6. The van der Waals surface area contributed by atoms with Crippen molar-refractivity contribution in [2.24, 2.45) is 5.92 Å². The number of urea groups is 1. The van der Waals surface area contributed by atoms with Crippen molar-refractivity contribution in [3.63, 3.8) is 0 Å². The zero-order chi connectivity index (χ0) is 17.5. The van der Waals surface area contributed by atoms with E-state index >= 15 is 0 Å². The van der Waals surface area contributed by atoms with Crippen LogP contribution in [0.2, 0.25) is 0 Å². The first-order chi connectivity index (χ1) is 12.2. The molecule has 0 radical (unpaired) electrons. The van der Waals surface area contributed by atoms with Crippen molar-refractivity contribution >= 4 is 11.7 Å². The van der Waals surface area contributed by atoms with Gasteiger partial charge in [0, 0.05) is 18.8 Å². The summed E-state index contributed by atoms with van der Waals surface area (Å²) in [5.74, 6) is 0.564. The number of hydrogen-bond acceptors (Lipinski definition) is 2. The Bertz CT molecular complexity index is 679. The molecule has 3 rings (SSSR count). The van der Waals surface area contributed by atoms with E-state index in [4.69, 9.17) is 0 Å². The maximum absolute atomic E-state index is 12.1. The minimum atomic E-state index is -0.110. The van der Waals surface area contributed by atoms with Gasteiger partial charge in [-0.05, 0) is 56.0 Å². The van der Waals surface area contributed by atoms with E-state index in [-0.39, 0.29) is 6.03 Å². The number of para-hydroxylation sites is 1. The molecular weight excluding hydrogens is 310 g/mol. The van der Waals surface area contributed by atoms with Crippen molar-refractivity contribution in [2.45, 2.75) is 26.3 Å². The highest BCUT2D eigenvalue weighted by molar-refractivity contribution is 5.89. The van der Waals surface area contributed by atoms with Crippen molar-refractivity contribution < 1.29 is 4.79 Å². The summed E-state index contributed by atoms with van der Waals surface area (Å²) >= 11 is 0. The van der Waals surface area contributed by atoms with Crippen LogP contribution in [0.15, 0.2) is 54.6 Å². The van der Waals surface area contributed by atoms with E-state index in [1.165, 1.54) is 5.56 Å². The third-order valence-electron chi connectivity index (χ3n) is 4.90. The molecule has 4 nitrogen and oxygen atoms in total. The summed E-state index contributed by atoms with van der Waals surface area (Å²) in [5.41, 5.74) is 3.32. The van der Waals surface area contributed by atoms with Crippen LogP contribution in [0.5, 0.6) is 0 Å². The van der Waals surface area contributed by atoms with E-state index in [2.05, 4.69) is 45.9 Å². The normalized spacial score (nSPS) is 15.7. The first-order valence-electron chi connectivity index (χ1n) is 9.07. The van der Waals surface area contributed by atoms with Gasteiger partial charge in [-0.1, -0.05) is 48.5 Å². The van der Waals surface area contributed by atoms with Crippen LogP contribution in [0.3, 0.4) is 0 Å². The largest absolute Gasteiger partial charge is 0.338 e. The Labute approximate surface area is 150 Å². The number of nitrogens with one attached hydrogen (secondary N) is 2.